The first-order chi connectivity index (χ1) is 12.7. The Balaban J connectivity index is 1.56. The normalized spacial score (nSPS) is 11.1. The van der Waals surface area contributed by atoms with E-state index in [0.717, 1.165) is 11.0 Å². The molecule has 0 aliphatic heterocycles. The molecule has 1 amide bonds. The van der Waals surface area contributed by atoms with Crippen molar-refractivity contribution >= 4 is 23.2 Å². The van der Waals surface area contributed by atoms with Crippen LogP contribution in [-0.4, -0.2) is 38.8 Å². The lowest BCUT2D eigenvalue weighted by Gasteiger charge is -2.07. The first kappa shape index (κ1) is 17.4. The minimum atomic E-state index is -0.263. The average molecular weight is 353 g/mol. The van der Waals surface area contributed by atoms with Gasteiger partial charge in [0.15, 0.2) is 11.5 Å². The molecule has 0 saturated carbocycles. The molecule has 0 spiro atoms. The second-order valence-electron chi connectivity index (χ2n) is 5.47. The molecule has 0 bridgehead atoms. The molecule has 1 aromatic heterocycles. The number of carbonyl (C=O) groups is 1. The van der Waals surface area contributed by atoms with E-state index >= 15 is 0 Å². The number of aromatic nitrogens is 3. The highest BCUT2D eigenvalue weighted by atomic mass is 16.5. The van der Waals surface area contributed by atoms with E-state index in [9.17, 15) is 9.90 Å². The maximum Gasteiger partial charge on any atom is 0.241 e. The minimum absolute atomic E-state index is 0.0126. The number of phenolic OH excluding ortho intramolecular Hbond substituents is 1. The predicted octanol–water partition coefficient (Wildman–Crippen LogP) is 2.08. The highest BCUT2D eigenvalue weighted by molar-refractivity contribution is 5.86. The van der Waals surface area contributed by atoms with E-state index in [4.69, 9.17) is 4.74 Å². The molecule has 3 aromatic rings. The largest absolute Gasteiger partial charge is 0.504 e. The van der Waals surface area contributed by atoms with Crippen LogP contribution in [-0.2, 0) is 11.3 Å². The zero-order valence-corrected chi connectivity index (χ0v) is 14.3. The summed E-state index contributed by atoms with van der Waals surface area (Å²) in [4.78, 5) is 11.9. The molecule has 0 atom stereocenters. The van der Waals surface area contributed by atoms with Gasteiger partial charge in [-0.05, 0) is 31.2 Å². The molecule has 0 saturated heterocycles. The van der Waals surface area contributed by atoms with Gasteiger partial charge in [0.25, 0.3) is 0 Å². The van der Waals surface area contributed by atoms with Crippen molar-refractivity contribution in [3.63, 3.8) is 0 Å². The molecule has 2 N–H and O–H groups in total. The Morgan fingerprint density at radius 3 is 3.00 bits per heavy atom. The Hall–Kier alpha value is -3.42. The smallest absolute Gasteiger partial charge is 0.241 e. The quantitative estimate of drug-likeness (QED) is 0.500. The van der Waals surface area contributed by atoms with E-state index in [1.165, 1.54) is 6.21 Å². The monoisotopic (exact) mass is 353 g/mol. The number of phenols is 1. The highest BCUT2D eigenvalue weighted by Crippen LogP contribution is 2.28. The molecule has 0 aliphatic rings. The average Bonchev–Trinajstić information content (AvgIpc) is 3.06. The molecule has 134 valence electrons. The number of aromatic hydroxyl groups is 1. The number of amides is 1. The summed E-state index contributed by atoms with van der Waals surface area (Å²) >= 11 is 0. The van der Waals surface area contributed by atoms with Gasteiger partial charge >= 0.3 is 0 Å². The van der Waals surface area contributed by atoms with Crippen molar-refractivity contribution in [2.24, 2.45) is 5.10 Å². The lowest BCUT2D eigenvalue weighted by atomic mass is 10.2. The van der Waals surface area contributed by atoms with Gasteiger partial charge in [-0.25, -0.2) is 10.1 Å². The van der Waals surface area contributed by atoms with Crippen LogP contribution in [0.3, 0.4) is 0 Å². The second kappa shape index (κ2) is 8.11. The summed E-state index contributed by atoms with van der Waals surface area (Å²) in [5.74, 6) is 0.101. The number of benzene rings is 2. The van der Waals surface area contributed by atoms with Crippen LogP contribution in [0, 0.1) is 0 Å². The van der Waals surface area contributed by atoms with Gasteiger partial charge in [0, 0.05) is 12.0 Å². The number of hydrazone groups is 1. The molecule has 8 nitrogen and oxygen atoms in total. The van der Waals surface area contributed by atoms with Gasteiger partial charge in [0.2, 0.25) is 5.91 Å². The van der Waals surface area contributed by atoms with Crippen molar-refractivity contribution in [1.29, 1.82) is 0 Å². The van der Waals surface area contributed by atoms with Crippen molar-refractivity contribution in [2.75, 3.05) is 6.61 Å². The Kier molecular flexibility index (Phi) is 5.43. The third kappa shape index (κ3) is 3.97. The standard InChI is InChI=1S/C18H19N5O3/c1-2-26-16-9-5-6-13(18(16)25)12-19-21-17(24)10-11-23-15-8-4-3-7-14(15)20-22-23/h3-9,12,25H,2,10-11H2,1H3,(H,21,24)/b19-12+. The third-order valence-corrected chi connectivity index (χ3v) is 3.69. The Labute approximate surface area is 150 Å². The molecule has 2 aromatic carbocycles. The number of ether oxygens (including phenoxy) is 1. The van der Waals surface area contributed by atoms with Crippen LogP contribution in [0.1, 0.15) is 18.9 Å². The molecule has 3 rings (SSSR count). The number of fused-ring (bicyclic) bond motifs is 1. The van der Waals surface area contributed by atoms with Crippen LogP contribution < -0.4 is 10.2 Å². The van der Waals surface area contributed by atoms with Crippen molar-refractivity contribution in [1.82, 2.24) is 20.4 Å². The molecule has 0 radical (unpaired) electrons. The molecule has 8 heteroatoms. The van der Waals surface area contributed by atoms with E-state index in [1.54, 1.807) is 22.9 Å². The van der Waals surface area contributed by atoms with Crippen LogP contribution in [0.5, 0.6) is 11.5 Å². The van der Waals surface area contributed by atoms with Crippen LogP contribution in [0.4, 0.5) is 0 Å². The van der Waals surface area contributed by atoms with Gasteiger partial charge in [-0.1, -0.05) is 23.4 Å². The van der Waals surface area contributed by atoms with E-state index in [2.05, 4.69) is 20.8 Å². The van der Waals surface area contributed by atoms with E-state index in [-0.39, 0.29) is 18.1 Å². The molecular formula is C18H19N5O3. The Morgan fingerprint density at radius 2 is 2.15 bits per heavy atom. The summed E-state index contributed by atoms with van der Waals surface area (Å²) in [6.45, 7) is 2.67. The summed E-state index contributed by atoms with van der Waals surface area (Å²) in [5.41, 5.74) is 4.56. The molecule has 0 unspecified atom stereocenters. The first-order valence-electron chi connectivity index (χ1n) is 8.24. The van der Waals surface area contributed by atoms with Gasteiger partial charge < -0.3 is 9.84 Å². The predicted molar refractivity (Wildman–Crippen MR) is 97.2 cm³/mol. The fourth-order valence-corrected chi connectivity index (χ4v) is 2.44. The molecule has 0 fully saturated rings. The number of hydrogen-bond donors (Lipinski definition) is 2. The van der Waals surface area contributed by atoms with Gasteiger partial charge in [0.05, 0.1) is 24.9 Å². The molecule has 1 heterocycles. The van der Waals surface area contributed by atoms with Crippen LogP contribution in [0.25, 0.3) is 11.0 Å². The van der Waals surface area contributed by atoms with Crippen LogP contribution >= 0.6 is 0 Å². The van der Waals surface area contributed by atoms with Gasteiger partial charge in [-0.2, -0.15) is 5.10 Å². The summed E-state index contributed by atoms with van der Waals surface area (Å²) in [7, 11) is 0. The molecular weight excluding hydrogens is 334 g/mol. The number of nitrogens with one attached hydrogen (secondary N) is 1. The highest BCUT2D eigenvalue weighted by Gasteiger charge is 2.07. The summed E-state index contributed by atoms with van der Waals surface area (Å²) in [5, 5.41) is 22.0. The van der Waals surface area contributed by atoms with Crippen LogP contribution in [0.2, 0.25) is 0 Å². The van der Waals surface area contributed by atoms with E-state index in [0.29, 0.717) is 24.5 Å². The number of nitrogens with zero attached hydrogens (tertiary/aromatic N) is 4. The summed E-state index contributed by atoms with van der Waals surface area (Å²) in [6, 6.07) is 12.6. The fourth-order valence-electron chi connectivity index (χ4n) is 2.44. The Morgan fingerprint density at radius 1 is 1.31 bits per heavy atom. The minimum Gasteiger partial charge on any atom is -0.504 e. The zero-order valence-electron chi connectivity index (χ0n) is 14.3. The third-order valence-electron chi connectivity index (χ3n) is 3.69. The van der Waals surface area contributed by atoms with Crippen molar-refractivity contribution in [3.8, 4) is 11.5 Å². The van der Waals surface area contributed by atoms with Gasteiger partial charge in [-0.3, -0.25) is 4.79 Å². The second-order valence-corrected chi connectivity index (χ2v) is 5.47. The topological polar surface area (TPSA) is 102 Å². The molecule has 26 heavy (non-hydrogen) atoms. The van der Waals surface area contributed by atoms with Crippen LogP contribution in [0.15, 0.2) is 47.6 Å². The maximum absolute atomic E-state index is 11.9. The van der Waals surface area contributed by atoms with E-state index in [1.807, 2.05) is 31.2 Å². The first-order valence-corrected chi connectivity index (χ1v) is 8.24. The van der Waals surface area contributed by atoms with E-state index < -0.39 is 0 Å². The summed E-state index contributed by atoms with van der Waals surface area (Å²) in [6.07, 6.45) is 1.58. The van der Waals surface area contributed by atoms with Crippen molar-refractivity contribution in [2.45, 2.75) is 19.9 Å². The maximum atomic E-state index is 11.9. The van der Waals surface area contributed by atoms with Crippen molar-refractivity contribution in [3.05, 3.63) is 48.0 Å². The lowest BCUT2D eigenvalue weighted by molar-refractivity contribution is -0.121. The molecule has 0 aliphatic carbocycles. The number of hydrogen-bond acceptors (Lipinski definition) is 6. The number of para-hydroxylation sites is 2. The van der Waals surface area contributed by atoms with Crippen molar-refractivity contribution < 1.29 is 14.6 Å². The SMILES string of the molecule is CCOc1cccc(/C=N/NC(=O)CCn2nnc3ccccc32)c1O. The number of aryl methyl sites for hydroxylation is 1. The van der Waals surface area contributed by atoms with Gasteiger partial charge in [-0.15, -0.1) is 5.10 Å². The number of rotatable bonds is 7. The zero-order chi connectivity index (χ0) is 18.4. The summed E-state index contributed by atoms with van der Waals surface area (Å²) < 4.78 is 6.98. The Bertz CT molecular complexity index is 935. The fraction of sp³-hybridized carbons (Fsp3) is 0.222. The lowest BCUT2D eigenvalue weighted by Crippen LogP contribution is -2.19. The number of carbonyl (C=O) groups excluding carboxylic acids is 1. The van der Waals surface area contributed by atoms with Gasteiger partial charge in [0.1, 0.15) is 5.52 Å².